The Morgan fingerprint density at radius 2 is 1.96 bits per heavy atom. The quantitative estimate of drug-likeness (QED) is 0.830. The number of rotatable bonds is 4. The number of amides is 1. The molecule has 0 fully saturated rings. The maximum absolute atomic E-state index is 12.3. The van der Waals surface area contributed by atoms with Gasteiger partial charge in [-0.1, -0.05) is 11.6 Å². The molecule has 1 aliphatic rings. The fourth-order valence-corrected chi connectivity index (χ4v) is 2.35. The van der Waals surface area contributed by atoms with Crippen molar-refractivity contribution in [3.8, 4) is 11.5 Å². The van der Waals surface area contributed by atoms with E-state index in [0.717, 1.165) is 0 Å². The van der Waals surface area contributed by atoms with E-state index >= 15 is 0 Å². The Labute approximate surface area is 148 Å². The molecule has 0 saturated carbocycles. The largest absolute Gasteiger partial charge is 0.486 e. The van der Waals surface area contributed by atoms with Crippen LogP contribution in [-0.4, -0.2) is 41.2 Å². The highest BCUT2D eigenvalue weighted by Gasteiger charge is 2.23. The molecule has 2 heterocycles. The van der Waals surface area contributed by atoms with Crippen LogP contribution in [0.15, 0.2) is 30.6 Å². The second kappa shape index (κ2) is 7.35. The molecule has 2 aromatic rings. The van der Waals surface area contributed by atoms with Crippen molar-refractivity contribution in [1.82, 2.24) is 9.97 Å². The lowest BCUT2D eigenvalue weighted by molar-refractivity contribution is -0.123. The maximum atomic E-state index is 12.3. The third kappa shape index (κ3) is 3.97. The second-order valence-corrected chi connectivity index (χ2v) is 5.50. The number of benzene rings is 1. The van der Waals surface area contributed by atoms with Gasteiger partial charge in [0.15, 0.2) is 17.6 Å². The van der Waals surface area contributed by atoms with Gasteiger partial charge in [0.1, 0.15) is 13.2 Å². The molecule has 1 aromatic heterocycles. The summed E-state index contributed by atoms with van der Waals surface area (Å²) >= 11 is 6.09. The van der Waals surface area contributed by atoms with Crippen molar-refractivity contribution < 1.29 is 23.8 Å². The summed E-state index contributed by atoms with van der Waals surface area (Å²) in [7, 11) is 0. The first-order chi connectivity index (χ1) is 12.0. The zero-order chi connectivity index (χ0) is 17.8. The summed E-state index contributed by atoms with van der Waals surface area (Å²) in [6.45, 7) is 2.18. The van der Waals surface area contributed by atoms with Crippen LogP contribution >= 0.6 is 11.6 Å². The molecular weight excluding hydrogens is 350 g/mol. The molecule has 1 aliphatic heterocycles. The van der Waals surface area contributed by atoms with E-state index in [-0.39, 0.29) is 16.5 Å². The molecule has 0 bridgehead atoms. The number of ether oxygens (including phenoxy) is 3. The van der Waals surface area contributed by atoms with E-state index in [1.165, 1.54) is 31.5 Å². The lowest BCUT2D eigenvalue weighted by atomic mass is 10.2. The molecule has 0 radical (unpaired) electrons. The lowest BCUT2D eigenvalue weighted by Gasteiger charge is -2.20. The van der Waals surface area contributed by atoms with Crippen molar-refractivity contribution in [2.75, 3.05) is 18.5 Å². The SMILES string of the molecule is CC(OC(=O)c1cc(Cl)c2c(c1)OCCO2)C(=O)Nc1ncccn1. The first-order valence-electron chi connectivity index (χ1n) is 7.42. The molecule has 1 aromatic carbocycles. The lowest BCUT2D eigenvalue weighted by Crippen LogP contribution is -2.30. The van der Waals surface area contributed by atoms with Crippen LogP contribution in [0.3, 0.4) is 0 Å². The normalized spacial score (nSPS) is 13.7. The third-order valence-electron chi connectivity index (χ3n) is 3.29. The fraction of sp³-hybridized carbons (Fsp3) is 0.250. The molecule has 1 unspecified atom stereocenters. The molecule has 8 nitrogen and oxygen atoms in total. The molecule has 0 spiro atoms. The summed E-state index contributed by atoms with van der Waals surface area (Å²) in [5.74, 6) is -0.395. The van der Waals surface area contributed by atoms with Crippen molar-refractivity contribution in [2.24, 2.45) is 0 Å². The molecule has 0 aliphatic carbocycles. The van der Waals surface area contributed by atoms with Crippen LogP contribution in [0.2, 0.25) is 5.02 Å². The van der Waals surface area contributed by atoms with Gasteiger partial charge in [-0.05, 0) is 25.1 Å². The second-order valence-electron chi connectivity index (χ2n) is 5.09. The van der Waals surface area contributed by atoms with Crippen molar-refractivity contribution in [3.63, 3.8) is 0 Å². The predicted octanol–water partition coefficient (Wildman–Crippen LogP) is 2.09. The van der Waals surface area contributed by atoms with Gasteiger partial charge in [0.25, 0.3) is 5.91 Å². The van der Waals surface area contributed by atoms with Crippen LogP contribution < -0.4 is 14.8 Å². The monoisotopic (exact) mass is 363 g/mol. The summed E-state index contributed by atoms with van der Waals surface area (Å²) in [6, 6.07) is 4.49. The van der Waals surface area contributed by atoms with Gasteiger partial charge in [-0.25, -0.2) is 14.8 Å². The highest BCUT2D eigenvalue weighted by atomic mass is 35.5. The number of anilines is 1. The van der Waals surface area contributed by atoms with Crippen LogP contribution in [0.5, 0.6) is 11.5 Å². The average molecular weight is 364 g/mol. The summed E-state index contributed by atoms with van der Waals surface area (Å²) in [5, 5.41) is 2.69. The zero-order valence-electron chi connectivity index (χ0n) is 13.2. The number of nitrogens with zero attached hydrogens (tertiary/aromatic N) is 2. The number of carbonyl (C=O) groups is 2. The van der Waals surface area contributed by atoms with Gasteiger partial charge in [0.05, 0.1) is 10.6 Å². The average Bonchev–Trinajstić information content (AvgIpc) is 2.62. The van der Waals surface area contributed by atoms with Crippen molar-refractivity contribution in [2.45, 2.75) is 13.0 Å². The summed E-state index contributed by atoms with van der Waals surface area (Å²) in [5.41, 5.74) is 0.157. The molecule has 9 heteroatoms. The van der Waals surface area contributed by atoms with Gasteiger partial charge < -0.3 is 14.2 Å². The maximum Gasteiger partial charge on any atom is 0.339 e. The van der Waals surface area contributed by atoms with Crippen molar-refractivity contribution >= 4 is 29.4 Å². The van der Waals surface area contributed by atoms with Crippen LogP contribution in [0.25, 0.3) is 0 Å². The van der Waals surface area contributed by atoms with E-state index in [1.807, 2.05) is 0 Å². The van der Waals surface area contributed by atoms with E-state index in [0.29, 0.717) is 24.7 Å². The fourth-order valence-electron chi connectivity index (χ4n) is 2.09. The molecule has 130 valence electrons. The molecule has 1 amide bonds. The number of carbonyl (C=O) groups excluding carboxylic acids is 2. The Hall–Kier alpha value is -2.87. The molecule has 3 rings (SSSR count). The smallest absolute Gasteiger partial charge is 0.339 e. The number of fused-ring (bicyclic) bond motifs is 1. The number of esters is 1. The minimum Gasteiger partial charge on any atom is -0.486 e. The number of nitrogens with one attached hydrogen (secondary N) is 1. The Morgan fingerprint density at radius 1 is 1.24 bits per heavy atom. The van der Waals surface area contributed by atoms with Gasteiger partial charge in [-0.2, -0.15) is 0 Å². The highest BCUT2D eigenvalue weighted by Crippen LogP contribution is 2.38. The van der Waals surface area contributed by atoms with Gasteiger partial charge in [-0.15, -0.1) is 0 Å². The van der Waals surface area contributed by atoms with E-state index in [1.54, 1.807) is 6.07 Å². The van der Waals surface area contributed by atoms with Gasteiger partial charge in [0.2, 0.25) is 5.95 Å². The van der Waals surface area contributed by atoms with Crippen molar-refractivity contribution in [3.05, 3.63) is 41.2 Å². The topological polar surface area (TPSA) is 99.6 Å². The first kappa shape index (κ1) is 17.0. The third-order valence-corrected chi connectivity index (χ3v) is 3.57. The van der Waals surface area contributed by atoms with Crippen LogP contribution in [-0.2, 0) is 9.53 Å². The van der Waals surface area contributed by atoms with Gasteiger partial charge in [0, 0.05) is 12.4 Å². The number of hydrogen-bond donors (Lipinski definition) is 1. The van der Waals surface area contributed by atoms with Gasteiger partial charge in [-0.3, -0.25) is 10.1 Å². The Bertz CT molecular complexity index is 800. The zero-order valence-corrected chi connectivity index (χ0v) is 13.9. The Morgan fingerprint density at radius 3 is 2.72 bits per heavy atom. The van der Waals surface area contributed by atoms with Crippen LogP contribution in [0, 0.1) is 0 Å². The summed E-state index contributed by atoms with van der Waals surface area (Å²) < 4.78 is 16.0. The molecular formula is C16H14ClN3O5. The van der Waals surface area contributed by atoms with Gasteiger partial charge >= 0.3 is 5.97 Å². The molecule has 1 atom stereocenters. The van der Waals surface area contributed by atoms with E-state index in [4.69, 9.17) is 25.8 Å². The highest BCUT2D eigenvalue weighted by molar-refractivity contribution is 6.32. The van der Waals surface area contributed by atoms with E-state index < -0.39 is 18.0 Å². The molecule has 25 heavy (non-hydrogen) atoms. The van der Waals surface area contributed by atoms with Crippen molar-refractivity contribution in [1.29, 1.82) is 0 Å². The van der Waals surface area contributed by atoms with Crippen LogP contribution in [0.4, 0.5) is 5.95 Å². The minimum absolute atomic E-state index is 0.123. The predicted molar refractivity (Wildman–Crippen MR) is 88.0 cm³/mol. The van der Waals surface area contributed by atoms with E-state index in [9.17, 15) is 9.59 Å². The standard InChI is InChI=1S/C16H14ClN3O5/c1-9(14(21)20-16-18-3-2-4-19-16)25-15(22)10-7-11(17)13-12(8-10)23-5-6-24-13/h2-4,7-9H,5-6H2,1H3,(H,18,19,20,21). The minimum atomic E-state index is -1.05. The number of halogens is 1. The first-order valence-corrected chi connectivity index (χ1v) is 7.80. The molecule has 1 N–H and O–H groups in total. The Kier molecular flexibility index (Phi) is 4.99. The summed E-state index contributed by atoms with van der Waals surface area (Å²) in [6.07, 6.45) is 1.91. The summed E-state index contributed by atoms with van der Waals surface area (Å²) in [4.78, 5) is 32.0. The van der Waals surface area contributed by atoms with E-state index in [2.05, 4.69) is 15.3 Å². The Balaban J connectivity index is 1.67. The number of hydrogen-bond acceptors (Lipinski definition) is 7. The number of aromatic nitrogens is 2. The van der Waals surface area contributed by atoms with Crippen LogP contribution in [0.1, 0.15) is 17.3 Å². The molecule has 0 saturated heterocycles.